The van der Waals surface area contributed by atoms with Crippen molar-refractivity contribution < 1.29 is 66.5 Å². The fourth-order valence-corrected chi connectivity index (χ4v) is 6.93. The van der Waals surface area contributed by atoms with Crippen molar-refractivity contribution >= 4 is 24.8 Å². The Morgan fingerprint density at radius 3 is 1.41 bits per heavy atom. The maximum Gasteiger partial charge on any atom is 0.333 e. The third kappa shape index (κ3) is 35.9. The summed E-state index contributed by atoms with van der Waals surface area (Å²) in [5.74, 6) is -0.736. The average molecular weight is 998 g/mol. The van der Waals surface area contributed by atoms with E-state index in [1.165, 1.54) is 0 Å². The van der Waals surface area contributed by atoms with Gasteiger partial charge in [0.2, 0.25) is 12.8 Å². The van der Waals surface area contributed by atoms with E-state index in [1.54, 1.807) is 48.4 Å². The number of nitrogens with zero attached hydrogens (tertiary/aromatic N) is 5. The number of unbranched alkanes of at least 4 members (excludes halogenated alkanes) is 10. The average Bonchev–Trinajstić information content (AvgIpc) is 3.33. The van der Waals surface area contributed by atoms with Gasteiger partial charge >= 0.3 is 11.9 Å². The summed E-state index contributed by atoms with van der Waals surface area (Å²) < 4.78 is 56.8. The predicted octanol–water partition coefficient (Wildman–Crippen LogP) is 7.61. The summed E-state index contributed by atoms with van der Waals surface area (Å²) in [4.78, 5) is 49.0. The van der Waals surface area contributed by atoms with E-state index in [-0.39, 0.29) is 37.8 Å². The molecule has 0 aliphatic carbocycles. The highest BCUT2D eigenvalue weighted by Crippen LogP contribution is 2.22. The summed E-state index contributed by atoms with van der Waals surface area (Å²) in [6.45, 7) is 22.4. The van der Waals surface area contributed by atoms with Crippen molar-refractivity contribution in [3.63, 3.8) is 0 Å². The van der Waals surface area contributed by atoms with E-state index in [4.69, 9.17) is 57.9 Å². The number of hydrazine groups is 2. The fourth-order valence-electron chi connectivity index (χ4n) is 6.93. The van der Waals surface area contributed by atoms with E-state index in [0.29, 0.717) is 97.7 Å². The van der Waals surface area contributed by atoms with Crippen molar-refractivity contribution in [2.45, 2.75) is 176 Å². The summed E-state index contributed by atoms with van der Waals surface area (Å²) in [6, 6.07) is 0. The van der Waals surface area contributed by atoms with E-state index in [1.807, 2.05) is 13.8 Å². The minimum atomic E-state index is -0.583. The van der Waals surface area contributed by atoms with Crippen LogP contribution in [0.4, 0.5) is 0 Å². The molecule has 0 aliphatic rings. The fraction of sp³-hybridized carbons (Fsp3) is 0.843. The van der Waals surface area contributed by atoms with Crippen LogP contribution < -0.4 is 0 Å². The zero-order valence-electron chi connectivity index (χ0n) is 44.0. The van der Waals surface area contributed by atoms with Crippen molar-refractivity contribution in [3.05, 3.63) is 12.2 Å². The van der Waals surface area contributed by atoms with Gasteiger partial charge in [-0.05, 0) is 98.8 Å². The first kappa shape index (κ1) is 65.9. The lowest BCUT2D eigenvalue weighted by Gasteiger charge is -2.38. The highest BCUT2D eigenvalue weighted by atomic mass is 16.6. The first-order valence-electron chi connectivity index (χ1n) is 25.6. The topological polar surface area (TPSA) is 218 Å². The molecule has 2 amide bonds. The van der Waals surface area contributed by atoms with Gasteiger partial charge in [0.1, 0.15) is 25.4 Å². The number of nitriles is 2. The van der Waals surface area contributed by atoms with E-state index in [0.717, 1.165) is 103 Å². The molecule has 0 N–H and O–H groups in total. The third-order valence-electron chi connectivity index (χ3n) is 10.7. The molecule has 0 bridgehead atoms. The Labute approximate surface area is 420 Å². The lowest BCUT2D eigenvalue weighted by atomic mass is 9.92. The highest BCUT2D eigenvalue weighted by molar-refractivity contribution is 5.87. The van der Waals surface area contributed by atoms with Crippen LogP contribution in [-0.2, 0) is 66.5 Å². The maximum absolute atomic E-state index is 12.7. The molecule has 0 spiro atoms. The third-order valence-corrected chi connectivity index (χ3v) is 10.7. The van der Waals surface area contributed by atoms with Crippen molar-refractivity contribution in [1.29, 1.82) is 10.5 Å². The quantitative estimate of drug-likeness (QED) is 0.0143. The van der Waals surface area contributed by atoms with Crippen LogP contribution in [0.15, 0.2) is 12.2 Å². The Morgan fingerprint density at radius 2 is 0.971 bits per heavy atom. The van der Waals surface area contributed by atoms with Crippen molar-refractivity contribution in [2.75, 3.05) is 98.9 Å². The molecule has 0 aromatic carbocycles. The standard InChI is InChI=1S/C51H91N5O14/c1-9-28-61-36-51(37-62-29-10-2,39-66-33-46(6)68-35-48(8)70-50(60)44(3)4)38-65-32-45(5)67-34-47(7)69-49(59)24-18-12-11-13-21-27-56(54(42-57)25-19-14-16-22-30-63-40-52)55(43-58)26-20-15-17-23-31-64-41-53/h42-43,45-48H,3,9-39H2,1-2,4-8H3. The number of amides is 2. The molecular formula is C51H91N5O14. The summed E-state index contributed by atoms with van der Waals surface area (Å²) in [6.07, 6.45) is 15.9. The molecule has 0 saturated carbocycles. The molecule has 19 nitrogen and oxygen atoms in total. The van der Waals surface area contributed by atoms with Crippen LogP contribution in [0.2, 0.25) is 0 Å². The van der Waals surface area contributed by atoms with Gasteiger partial charge < -0.3 is 47.4 Å². The summed E-state index contributed by atoms with van der Waals surface area (Å²) >= 11 is 0. The van der Waals surface area contributed by atoms with Gasteiger partial charge in [0, 0.05) is 44.8 Å². The molecular weight excluding hydrogens is 907 g/mol. The van der Waals surface area contributed by atoms with E-state index >= 15 is 0 Å². The molecule has 70 heavy (non-hydrogen) atoms. The number of hydrogen-bond donors (Lipinski definition) is 0. The smallest absolute Gasteiger partial charge is 0.333 e. The molecule has 4 atom stereocenters. The lowest BCUT2D eigenvalue weighted by molar-refractivity contribution is -0.186. The summed E-state index contributed by atoms with van der Waals surface area (Å²) in [7, 11) is 0. The molecule has 404 valence electrons. The Bertz CT molecular complexity index is 1380. The van der Waals surface area contributed by atoms with Gasteiger partial charge in [-0.3, -0.25) is 24.4 Å². The van der Waals surface area contributed by atoms with Crippen molar-refractivity contribution in [3.8, 4) is 12.5 Å². The largest absolute Gasteiger partial charge is 0.460 e. The number of rotatable bonds is 51. The zero-order valence-corrected chi connectivity index (χ0v) is 44.0. The summed E-state index contributed by atoms with van der Waals surface area (Å²) in [5, 5.41) is 22.0. The predicted molar refractivity (Wildman–Crippen MR) is 263 cm³/mol. The number of esters is 2. The van der Waals surface area contributed by atoms with Crippen LogP contribution in [0.5, 0.6) is 0 Å². The van der Waals surface area contributed by atoms with Gasteiger partial charge in [-0.15, -0.1) is 5.12 Å². The second kappa shape index (κ2) is 44.8. The molecule has 4 unspecified atom stereocenters. The number of carbonyl (C=O) groups is 4. The van der Waals surface area contributed by atoms with Crippen LogP contribution in [-0.4, -0.2) is 163 Å². The van der Waals surface area contributed by atoms with Gasteiger partial charge in [0.25, 0.3) is 12.5 Å². The van der Waals surface area contributed by atoms with Crippen LogP contribution in [0.1, 0.15) is 151 Å². The Balaban J connectivity index is 4.94. The van der Waals surface area contributed by atoms with Crippen LogP contribution in [0.3, 0.4) is 0 Å². The first-order valence-corrected chi connectivity index (χ1v) is 25.6. The molecule has 0 radical (unpaired) electrons. The van der Waals surface area contributed by atoms with Gasteiger partial charge in [-0.1, -0.05) is 52.5 Å². The van der Waals surface area contributed by atoms with Crippen molar-refractivity contribution in [2.24, 2.45) is 5.41 Å². The van der Waals surface area contributed by atoms with E-state index < -0.39 is 23.6 Å². The molecule has 0 rings (SSSR count). The zero-order chi connectivity index (χ0) is 52.1. The maximum atomic E-state index is 12.7. The minimum Gasteiger partial charge on any atom is -0.460 e. The van der Waals surface area contributed by atoms with E-state index in [2.05, 4.69) is 20.4 Å². The van der Waals surface area contributed by atoms with Gasteiger partial charge in [0.15, 0.2) is 0 Å². The van der Waals surface area contributed by atoms with E-state index in [9.17, 15) is 19.2 Å². The molecule has 0 saturated heterocycles. The Hall–Kier alpha value is -4.08. The summed E-state index contributed by atoms with van der Waals surface area (Å²) in [5.41, 5.74) is -0.249. The second-order valence-electron chi connectivity index (χ2n) is 18.1. The number of ether oxygens (including phenoxy) is 10. The first-order chi connectivity index (χ1) is 33.8. The molecule has 0 aromatic heterocycles. The number of hydrogen-bond acceptors (Lipinski definition) is 17. The Kier molecular flexibility index (Phi) is 42.2. The molecule has 0 fully saturated rings. The van der Waals surface area contributed by atoms with Gasteiger partial charge in [0.05, 0.1) is 70.5 Å². The number of carbonyl (C=O) groups excluding carboxylic acids is 4. The second-order valence-corrected chi connectivity index (χ2v) is 18.1. The molecule has 19 heteroatoms. The molecule has 0 heterocycles. The van der Waals surface area contributed by atoms with Gasteiger partial charge in [-0.25, -0.2) is 4.79 Å². The van der Waals surface area contributed by atoms with Gasteiger partial charge in [-0.2, -0.15) is 10.5 Å². The van der Waals surface area contributed by atoms with Crippen molar-refractivity contribution in [1.82, 2.24) is 15.1 Å². The monoisotopic (exact) mass is 998 g/mol. The SMILES string of the molecule is C=C(C)C(=O)OC(C)COC(C)COCC(COCCC)(COCCC)COCC(C)OCC(C)OC(=O)CCCCCCCN(N(C=O)CCCCCCOC#N)N(C=O)CCCCCCOC#N. The normalized spacial score (nSPS) is 13.1. The Morgan fingerprint density at radius 1 is 0.557 bits per heavy atom. The highest BCUT2D eigenvalue weighted by Gasteiger charge is 2.33. The molecule has 0 aromatic rings. The van der Waals surface area contributed by atoms with Crippen LogP contribution >= 0.6 is 0 Å². The molecule has 0 aliphatic heterocycles. The van der Waals surface area contributed by atoms with Crippen LogP contribution in [0.25, 0.3) is 0 Å². The minimum absolute atomic E-state index is 0.216. The lowest BCUT2D eigenvalue weighted by Crippen LogP contribution is -2.53. The van der Waals surface area contributed by atoms with Crippen LogP contribution in [0, 0.1) is 28.4 Å².